The normalized spacial score (nSPS) is 12.2. The van der Waals surface area contributed by atoms with Crippen molar-refractivity contribution in [3.63, 3.8) is 0 Å². The number of nitrogens with one attached hydrogen (secondary N) is 1. The number of sulfonamides is 1. The molecule has 0 atom stereocenters. The molecule has 0 unspecified atom stereocenters. The highest BCUT2D eigenvalue weighted by Crippen LogP contribution is 2.15. The fraction of sp³-hybridized carbons (Fsp3) is 0.417. The minimum atomic E-state index is -3.81. The zero-order chi connectivity index (χ0) is 14.7. The van der Waals surface area contributed by atoms with Crippen LogP contribution < -0.4 is 4.72 Å². The van der Waals surface area contributed by atoms with E-state index in [1.165, 1.54) is 31.4 Å². The van der Waals surface area contributed by atoms with Crippen molar-refractivity contribution in [3.05, 3.63) is 29.8 Å². The Morgan fingerprint density at radius 3 is 2.58 bits per heavy atom. The summed E-state index contributed by atoms with van der Waals surface area (Å²) >= 11 is 0. The molecule has 0 aliphatic carbocycles. The molecule has 0 saturated carbocycles. The molecule has 0 spiro atoms. The van der Waals surface area contributed by atoms with Crippen LogP contribution in [-0.4, -0.2) is 38.7 Å². The van der Waals surface area contributed by atoms with Crippen LogP contribution in [0.2, 0.25) is 0 Å². The summed E-state index contributed by atoms with van der Waals surface area (Å²) in [6, 6.07) is 5.50. The van der Waals surface area contributed by atoms with Gasteiger partial charge in [-0.2, -0.15) is 0 Å². The summed E-state index contributed by atoms with van der Waals surface area (Å²) in [5, 5.41) is 9.08. The van der Waals surface area contributed by atoms with Gasteiger partial charge in [-0.3, -0.25) is 0 Å². The fourth-order valence-corrected chi connectivity index (χ4v) is 2.81. The second kappa shape index (κ2) is 5.68. The summed E-state index contributed by atoms with van der Waals surface area (Å²) in [7, 11) is -2.59. The van der Waals surface area contributed by atoms with Gasteiger partial charge in [-0.05, 0) is 32.0 Å². The number of carbonyl (C=O) groups excluding carboxylic acids is 1. The molecule has 6 nitrogen and oxygen atoms in total. The van der Waals surface area contributed by atoms with E-state index in [-0.39, 0.29) is 17.1 Å². The molecule has 106 valence electrons. The van der Waals surface area contributed by atoms with Crippen LogP contribution in [0.25, 0.3) is 0 Å². The smallest absolute Gasteiger partial charge is 0.337 e. The molecule has 1 rings (SSSR count). The molecule has 0 fully saturated rings. The van der Waals surface area contributed by atoms with Crippen LogP contribution in [0.5, 0.6) is 0 Å². The Labute approximate surface area is 112 Å². The first-order valence-corrected chi connectivity index (χ1v) is 7.03. The number of methoxy groups -OCH3 is 1. The lowest BCUT2D eigenvalue weighted by molar-refractivity contribution is 0.0600. The van der Waals surface area contributed by atoms with Crippen molar-refractivity contribution in [1.29, 1.82) is 0 Å². The van der Waals surface area contributed by atoms with E-state index in [0.29, 0.717) is 0 Å². The summed E-state index contributed by atoms with van der Waals surface area (Å²) in [5.74, 6) is -0.613. The third kappa shape index (κ3) is 4.02. The number of esters is 1. The number of aliphatic hydroxyl groups excluding tert-OH is 1. The van der Waals surface area contributed by atoms with Gasteiger partial charge in [0.2, 0.25) is 10.0 Å². The van der Waals surface area contributed by atoms with Crippen molar-refractivity contribution in [3.8, 4) is 0 Å². The molecule has 0 radical (unpaired) electrons. The SMILES string of the molecule is COC(=O)c1cccc(S(=O)(=O)NC(C)(C)CO)c1. The van der Waals surface area contributed by atoms with E-state index < -0.39 is 21.5 Å². The van der Waals surface area contributed by atoms with Crippen molar-refractivity contribution in [1.82, 2.24) is 4.72 Å². The number of carbonyl (C=O) groups is 1. The van der Waals surface area contributed by atoms with Crippen molar-refractivity contribution < 1.29 is 23.1 Å². The van der Waals surface area contributed by atoms with Crippen LogP contribution in [0.15, 0.2) is 29.2 Å². The largest absolute Gasteiger partial charge is 0.465 e. The lowest BCUT2D eigenvalue weighted by atomic mass is 10.1. The molecule has 0 heterocycles. The Morgan fingerprint density at radius 1 is 1.42 bits per heavy atom. The highest BCUT2D eigenvalue weighted by molar-refractivity contribution is 7.89. The molecule has 0 bridgehead atoms. The van der Waals surface area contributed by atoms with Gasteiger partial charge in [0.05, 0.1) is 29.7 Å². The lowest BCUT2D eigenvalue weighted by Gasteiger charge is -2.23. The number of rotatable bonds is 5. The van der Waals surface area contributed by atoms with Crippen LogP contribution >= 0.6 is 0 Å². The van der Waals surface area contributed by atoms with Crippen LogP contribution in [-0.2, 0) is 14.8 Å². The van der Waals surface area contributed by atoms with E-state index >= 15 is 0 Å². The van der Waals surface area contributed by atoms with Crippen molar-refractivity contribution >= 4 is 16.0 Å². The minimum Gasteiger partial charge on any atom is -0.465 e. The van der Waals surface area contributed by atoms with E-state index in [4.69, 9.17) is 5.11 Å². The van der Waals surface area contributed by atoms with Gasteiger partial charge in [0, 0.05) is 0 Å². The third-order valence-electron chi connectivity index (χ3n) is 2.37. The van der Waals surface area contributed by atoms with Gasteiger partial charge < -0.3 is 9.84 Å². The van der Waals surface area contributed by atoms with E-state index in [0.717, 1.165) is 0 Å². The zero-order valence-electron chi connectivity index (χ0n) is 11.0. The Bertz CT molecular complexity index is 565. The van der Waals surface area contributed by atoms with Gasteiger partial charge >= 0.3 is 5.97 Å². The highest BCUT2D eigenvalue weighted by atomic mass is 32.2. The summed E-state index contributed by atoms with van der Waals surface area (Å²) in [6.07, 6.45) is 0. The number of aliphatic hydroxyl groups is 1. The summed E-state index contributed by atoms with van der Waals surface area (Å²) < 4.78 is 31.1. The predicted octanol–water partition coefficient (Wildman–Crippen LogP) is 0.522. The highest BCUT2D eigenvalue weighted by Gasteiger charge is 2.26. The molecular formula is C12H17NO5S. The van der Waals surface area contributed by atoms with Crippen LogP contribution in [0, 0.1) is 0 Å². The van der Waals surface area contributed by atoms with Crippen LogP contribution in [0.4, 0.5) is 0 Å². The Kier molecular flexibility index (Phi) is 4.67. The first kappa shape index (κ1) is 15.6. The van der Waals surface area contributed by atoms with Crippen LogP contribution in [0.3, 0.4) is 0 Å². The van der Waals surface area contributed by atoms with Gasteiger partial charge in [-0.15, -0.1) is 0 Å². The number of hydrogen-bond donors (Lipinski definition) is 2. The standard InChI is InChI=1S/C12H17NO5S/c1-12(2,8-14)13-19(16,17)10-6-4-5-9(7-10)11(15)18-3/h4-7,13-14H,8H2,1-3H3. The van der Waals surface area contributed by atoms with Gasteiger partial charge in [0.1, 0.15) is 0 Å². The predicted molar refractivity (Wildman–Crippen MR) is 69.3 cm³/mol. The third-order valence-corrected chi connectivity index (χ3v) is 4.07. The molecule has 19 heavy (non-hydrogen) atoms. The van der Waals surface area contributed by atoms with Gasteiger partial charge in [0.15, 0.2) is 0 Å². The minimum absolute atomic E-state index is 0.0584. The molecule has 0 saturated heterocycles. The first-order valence-electron chi connectivity index (χ1n) is 5.55. The monoisotopic (exact) mass is 287 g/mol. The van der Waals surface area contributed by atoms with E-state index in [1.54, 1.807) is 13.8 Å². The molecule has 7 heteroatoms. The lowest BCUT2D eigenvalue weighted by Crippen LogP contribution is -2.46. The van der Waals surface area contributed by atoms with Gasteiger partial charge in [-0.25, -0.2) is 17.9 Å². The Balaban J connectivity index is 3.12. The fourth-order valence-electron chi connectivity index (χ4n) is 1.36. The molecule has 1 aromatic carbocycles. The molecule has 2 N–H and O–H groups in total. The molecule has 0 aliphatic rings. The van der Waals surface area contributed by atoms with Crippen LogP contribution in [0.1, 0.15) is 24.2 Å². The molecule has 0 aromatic heterocycles. The van der Waals surface area contributed by atoms with E-state index in [2.05, 4.69) is 9.46 Å². The summed E-state index contributed by atoms with van der Waals surface area (Å²) in [5.41, 5.74) is -0.840. The average Bonchev–Trinajstić information content (AvgIpc) is 2.37. The maximum atomic E-state index is 12.1. The summed E-state index contributed by atoms with van der Waals surface area (Å²) in [6.45, 7) is 2.76. The Hall–Kier alpha value is -1.44. The quantitative estimate of drug-likeness (QED) is 0.770. The van der Waals surface area contributed by atoms with Gasteiger partial charge in [0.25, 0.3) is 0 Å². The number of hydrogen-bond acceptors (Lipinski definition) is 5. The van der Waals surface area contributed by atoms with Crippen molar-refractivity contribution in [2.75, 3.05) is 13.7 Å². The maximum absolute atomic E-state index is 12.1. The second-order valence-electron chi connectivity index (χ2n) is 4.67. The van der Waals surface area contributed by atoms with E-state index in [1.807, 2.05) is 0 Å². The molecule has 1 aromatic rings. The molecule has 0 aliphatic heterocycles. The topological polar surface area (TPSA) is 92.7 Å². The number of benzene rings is 1. The maximum Gasteiger partial charge on any atom is 0.337 e. The molecule has 0 amide bonds. The summed E-state index contributed by atoms with van der Waals surface area (Å²) in [4.78, 5) is 11.3. The first-order chi connectivity index (χ1) is 8.72. The second-order valence-corrected chi connectivity index (χ2v) is 6.35. The van der Waals surface area contributed by atoms with Crippen molar-refractivity contribution in [2.45, 2.75) is 24.3 Å². The average molecular weight is 287 g/mol. The van der Waals surface area contributed by atoms with Crippen molar-refractivity contribution in [2.24, 2.45) is 0 Å². The van der Waals surface area contributed by atoms with E-state index in [9.17, 15) is 13.2 Å². The Morgan fingerprint density at radius 2 is 2.05 bits per heavy atom. The molecular weight excluding hydrogens is 270 g/mol. The zero-order valence-corrected chi connectivity index (χ0v) is 11.8. The number of ether oxygens (including phenoxy) is 1. The van der Waals surface area contributed by atoms with Gasteiger partial charge in [-0.1, -0.05) is 6.07 Å².